The van der Waals surface area contributed by atoms with Crippen LogP contribution >= 0.6 is 23.1 Å². The average molecular weight is 270 g/mol. The van der Waals surface area contributed by atoms with Crippen molar-refractivity contribution >= 4 is 40.3 Å². The fourth-order valence-electron chi connectivity index (χ4n) is 1.49. The van der Waals surface area contributed by atoms with E-state index in [1.807, 2.05) is 13.8 Å². The number of thioether (sulfide) groups is 1. The van der Waals surface area contributed by atoms with Gasteiger partial charge in [-0.2, -0.15) is 0 Å². The predicted molar refractivity (Wildman–Crippen MR) is 66.3 cm³/mol. The zero-order valence-electron chi connectivity index (χ0n) is 9.26. The van der Waals surface area contributed by atoms with E-state index in [-0.39, 0.29) is 5.75 Å². The van der Waals surface area contributed by atoms with Gasteiger partial charge in [-0.1, -0.05) is 11.8 Å². The number of aldehydes is 1. The number of carbonyl (C=O) groups is 2. The quantitative estimate of drug-likeness (QED) is 0.679. The Labute approximate surface area is 105 Å². The van der Waals surface area contributed by atoms with Gasteiger partial charge in [0.2, 0.25) is 0 Å². The van der Waals surface area contributed by atoms with Gasteiger partial charge in [-0.3, -0.25) is 14.0 Å². The highest BCUT2D eigenvalue weighted by Gasteiger charge is 2.17. The first-order valence-electron chi connectivity index (χ1n) is 4.82. The topological polar surface area (TPSA) is 71.7 Å². The molecule has 0 atom stereocenters. The molecule has 0 saturated heterocycles. The number of carboxylic acids is 1. The van der Waals surface area contributed by atoms with Crippen molar-refractivity contribution in [1.29, 1.82) is 0 Å². The number of carbonyl (C=O) groups excluding carboxylic acids is 1. The molecule has 0 spiro atoms. The summed E-state index contributed by atoms with van der Waals surface area (Å²) in [5, 5.41) is 9.10. The minimum Gasteiger partial charge on any atom is -0.481 e. The Kier molecular flexibility index (Phi) is 3.21. The Morgan fingerprint density at radius 3 is 2.88 bits per heavy atom. The second-order valence-electron chi connectivity index (χ2n) is 3.46. The molecule has 5 nitrogen and oxygen atoms in total. The van der Waals surface area contributed by atoms with Crippen molar-refractivity contribution in [1.82, 2.24) is 9.38 Å². The molecule has 17 heavy (non-hydrogen) atoms. The van der Waals surface area contributed by atoms with E-state index in [1.165, 1.54) is 11.3 Å². The summed E-state index contributed by atoms with van der Waals surface area (Å²) in [5.74, 6) is -1.01. The molecule has 0 aliphatic carbocycles. The Morgan fingerprint density at radius 2 is 2.29 bits per heavy atom. The van der Waals surface area contributed by atoms with Gasteiger partial charge in [-0.25, -0.2) is 4.98 Å². The van der Waals surface area contributed by atoms with Gasteiger partial charge in [0, 0.05) is 10.6 Å². The molecule has 0 amide bonds. The smallest absolute Gasteiger partial charge is 0.313 e. The molecule has 0 unspecified atom stereocenters. The minimum absolute atomic E-state index is 0.0935. The summed E-state index contributed by atoms with van der Waals surface area (Å²) in [6.45, 7) is 3.88. The van der Waals surface area contributed by atoms with Crippen molar-refractivity contribution in [2.24, 2.45) is 0 Å². The predicted octanol–water partition coefficient (Wildman–Crippen LogP) is 2.00. The number of hydrogen-bond acceptors (Lipinski definition) is 5. The molecule has 2 aromatic rings. The molecule has 90 valence electrons. The van der Waals surface area contributed by atoms with Crippen molar-refractivity contribution < 1.29 is 14.7 Å². The number of thiazole rings is 1. The molecule has 0 aliphatic heterocycles. The van der Waals surface area contributed by atoms with Crippen LogP contribution in [0.15, 0.2) is 5.03 Å². The molecular weight excluding hydrogens is 260 g/mol. The first-order valence-corrected chi connectivity index (χ1v) is 6.63. The third-order valence-corrected chi connectivity index (χ3v) is 4.40. The van der Waals surface area contributed by atoms with Gasteiger partial charge in [0.25, 0.3) is 0 Å². The molecule has 2 heterocycles. The highest BCUT2D eigenvalue weighted by molar-refractivity contribution is 8.00. The Hall–Kier alpha value is -1.34. The zero-order chi connectivity index (χ0) is 12.6. The van der Waals surface area contributed by atoms with E-state index in [4.69, 9.17) is 5.11 Å². The minimum atomic E-state index is -0.920. The molecule has 2 rings (SSSR count). The number of hydrogen-bond donors (Lipinski definition) is 1. The molecule has 7 heteroatoms. The Balaban J connectivity index is 2.50. The monoisotopic (exact) mass is 270 g/mol. The van der Waals surface area contributed by atoms with Gasteiger partial charge in [0.15, 0.2) is 11.2 Å². The Bertz CT molecular complexity index is 600. The number of imidazole rings is 1. The second-order valence-corrected chi connectivity index (χ2v) is 5.61. The molecule has 0 aromatic carbocycles. The third kappa shape index (κ3) is 2.07. The van der Waals surface area contributed by atoms with Gasteiger partial charge < -0.3 is 5.11 Å². The molecule has 0 radical (unpaired) electrons. The number of aryl methyl sites for hydroxylation is 2. The molecular formula is C10H10N2O3S2. The van der Waals surface area contributed by atoms with Gasteiger partial charge in [-0.15, -0.1) is 11.3 Å². The van der Waals surface area contributed by atoms with E-state index in [1.54, 1.807) is 4.40 Å². The van der Waals surface area contributed by atoms with E-state index in [9.17, 15) is 9.59 Å². The lowest BCUT2D eigenvalue weighted by Gasteiger charge is -1.97. The normalized spacial score (nSPS) is 10.9. The van der Waals surface area contributed by atoms with Crippen LogP contribution in [0.5, 0.6) is 0 Å². The lowest BCUT2D eigenvalue weighted by atomic mass is 10.4. The Morgan fingerprint density at radius 1 is 1.59 bits per heavy atom. The fraction of sp³-hybridized carbons (Fsp3) is 0.300. The SMILES string of the molecule is Cc1sc2nc(SCC(=O)O)c(C=O)n2c1C. The van der Waals surface area contributed by atoms with Gasteiger partial charge in [0.05, 0.1) is 5.75 Å². The molecule has 0 fully saturated rings. The molecule has 0 aliphatic rings. The van der Waals surface area contributed by atoms with E-state index in [2.05, 4.69) is 4.98 Å². The van der Waals surface area contributed by atoms with E-state index in [0.29, 0.717) is 10.7 Å². The van der Waals surface area contributed by atoms with Gasteiger partial charge in [0.1, 0.15) is 10.7 Å². The maximum Gasteiger partial charge on any atom is 0.313 e. The van der Waals surface area contributed by atoms with Crippen LogP contribution in [0, 0.1) is 13.8 Å². The van der Waals surface area contributed by atoms with Crippen LogP contribution in [0.3, 0.4) is 0 Å². The first kappa shape index (κ1) is 12.1. The molecule has 0 saturated carbocycles. The summed E-state index contributed by atoms with van der Waals surface area (Å²) in [4.78, 5) is 27.7. The summed E-state index contributed by atoms with van der Waals surface area (Å²) in [5.41, 5.74) is 1.41. The van der Waals surface area contributed by atoms with Gasteiger partial charge in [-0.05, 0) is 13.8 Å². The highest BCUT2D eigenvalue weighted by atomic mass is 32.2. The van der Waals surface area contributed by atoms with Crippen molar-refractivity contribution in [3.63, 3.8) is 0 Å². The summed E-state index contributed by atoms with van der Waals surface area (Å²) in [6.07, 6.45) is 0.726. The average Bonchev–Trinajstić information content (AvgIpc) is 2.74. The van der Waals surface area contributed by atoms with Crippen molar-refractivity contribution in [3.05, 3.63) is 16.3 Å². The maximum atomic E-state index is 11.1. The van der Waals surface area contributed by atoms with E-state index in [0.717, 1.165) is 33.6 Å². The number of rotatable bonds is 4. The van der Waals surface area contributed by atoms with Crippen LogP contribution in [-0.2, 0) is 4.79 Å². The van der Waals surface area contributed by atoms with Crippen molar-refractivity contribution in [2.45, 2.75) is 18.9 Å². The second kappa shape index (κ2) is 4.50. The summed E-state index contributed by atoms with van der Waals surface area (Å²) in [7, 11) is 0. The standard InChI is InChI=1S/C10H10N2O3S2/c1-5-6(2)17-10-11-9(16-4-8(14)15)7(3-13)12(5)10/h3H,4H2,1-2H3,(H,14,15). The lowest BCUT2D eigenvalue weighted by molar-refractivity contribution is -0.133. The lowest BCUT2D eigenvalue weighted by Crippen LogP contribution is -1.99. The first-order chi connectivity index (χ1) is 8.04. The van der Waals surface area contributed by atoms with Crippen LogP contribution in [0.4, 0.5) is 0 Å². The fourth-order valence-corrected chi connectivity index (χ4v) is 3.23. The highest BCUT2D eigenvalue weighted by Crippen LogP contribution is 2.29. The van der Waals surface area contributed by atoms with Crippen LogP contribution < -0.4 is 0 Å². The van der Waals surface area contributed by atoms with Crippen LogP contribution in [0.25, 0.3) is 4.96 Å². The summed E-state index contributed by atoms with van der Waals surface area (Å²) >= 11 is 2.56. The number of nitrogens with zero attached hydrogens (tertiary/aromatic N) is 2. The summed E-state index contributed by atoms with van der Waals surface area (Å²) in [6, 6.07) is 0. The number of aliphatic carboxylic acids is 1. The number of aromatic nitrogens is 2. The van der Waals surface area contributed by atoms with E-state index >= 15 is 0 Å². The van der Waals surface area contributed by atoms with Crippen molar-refractivity contribution in [2.75, 3.05) is 5.75 Å². The van der Waals surface area contributed by atoms with Crippen LogP contribution in [-0.4, -0.2) is 32.5 Å². The maximum absolute atomic E-state index is 11.1. The number of carboxylic acid groups (broad SMARTS) is 1. The van der Waals surface area contributed by atoms with E-state index < -0.39 is 5.97 Å². The van der Waals surface area contributed by atoms with Crippen molar-refractivity contribution in [3.8, 4) is 0 Å². The van der Waals surface area contributed by atoms with Gasteiger partial charge >= 0.3 is 5.97 Å². The third-order valence-electron chi connectivity index (χ3n) is 2.38. The zero-order valence-corrected chi connectivity index (χ0v) is 10.9. The number of fused-ring (bicyclic) bond motifs is 1. The molecule has 2 aromatic heterocycles. The molecule has 1 N–H and O–H groups in total. The molecule has 0 bridgehead atoms. The van der Waals surface area contributed by atoms with Crippen LogP contribution in [0.2, 0.25) is 0 Å². The summed E-state index contributed by atoms with van der Waals surface area (Å²) < 4.78 is 1.77. The largest absolute Gasteiger partial charge is 0.481 e. The van der Waals surface area contributed by atoms with Crippen LogP contribution in [0.1, 0.15) is 21.1 Å².